The van der Waals surface area contributed by atoms with Crippen molar-refractivity contribution in [2.45, 2.75) is 32.9 Å². The third-order valence-electron chi connectivity index (χ3n) is 1.96. The van der Waals surface area contributed by atoms with Crippen LogP contribution in [-0.2, 0) is 4.79 Å². The van der Waals surface area contributed by atoms with Crippen molar-refractivity contribution in [3.8, 4) is 0 Å². The highest BCUT2D eigenvalue weighted by Gasteiger charge is 2.13. The van der Waals surface area contributed by atoms with E-state index in [0.29, 0.717) is 0 Å². The number of thiophene rings is 1. The van der Waals surface area contributed by atoms with Crippen LogP contribution in [0.25, 0.3) is 0 Å². The van der Waals surface area contributed by atoms with Crippen LogP contribution in [0.5, 0.6) is 0 Å². The van der Waals surface area contributed by atoms with Crippen LogP contribution >= 0.6 is 11.3 Å². The second-order valence-corrected chi connectivity index (χ2v) is 4.79. The van der Waals surface area contributed by atoms with Gasteiger partial charge in [-0.2, -0.15) is 0 Å². The van der Waals surface area contributed by atoms with Crippen LogP contribution in [0.2, 0.25) is 0 Å². The summed E-state index contributed by atoms with van der Waals surface area (Å²) in [5.41, 5.74) is 5.46. The highest BCUT2D eigenvalue weighted by Crippen LogP contribution is 2.22. The molecule has 0 aromatic carbocycles. The molecule has 14 heavy (non-hydrogen) atoms. The molecule has 1 aromatic heterocycles. The lowest BCUT2D eigenvalue weighted by Crippen LogP contribution is -2.39. The molecule has 2 unspecified atom stereocenters. The Bertz CT molecular complexity index is 320. The summed E-state index contributed by atoms with van der Waals surface area (Å²) in [7, 11) is 0. The predicted molar refractivity (Wildman–Crippen MR) is 59.3 cm³/mol. The molecule has 0 spiro atoms. The van der Waals surface area contributed by atoms with Crippen LogP contribution in [0, 0.1) is 6.92 Å². The molecule has 78 valence electrons. The van der Waals surface area contributed by atoms with Crippen molar-refractivity contribution in [2.24, 2.45) is 5.73 Å². The summed E-state index contributed by atoms with van der Waals surface area (Å²) in [6.07, 6.45) is 0. The molecule has 0 fully saturated rings. The summed E-state index contributed by atoms with van der Waals surface area (Å²) < 4.78 is 0. The van der Waals surface area contributed by atoms with Crippen LogP contribution < -0.4 is 11.1 Å². The van der Waals surface area contributed by atoms with Gasteiger partial charge in [0.15, 0.2) is 0 Å². The summed E-state index contributed by atoms with van der Waals surface area (Å²) in [6, 6.07) is 3.69. The first-order valence-corrected chi connectivity index (χ1v) is 5.44. The van der Waals surface area contributed by atoms with Gasteiger partial charge in [-0.3, -0.25) is 4.79 Å². The molecule has 3 nitrogen and oxygen atoms in total. The molecule has 0 bridgehead atoms. The van der Waals surface area contributed by atoms with Gasteiger partial charge in [-0.1, -0.05) is 0 Å². The van der Waals surface area contributed by atoms with E-state index in [-0.39, 0.29) is 11.9 Å². The number of carbonyl (C=O) groups is 1. The summed E-state index contributed by atoms with van der Waals surface area (Å²) in [5, 5.41) is 2.86. The Kier molecular flexibility index (Phi) is 3.66. The smallest absolute Gasteiger partial charge is 0.237 e. The van der Waals surface area contributed by atoms with Crippen molar-refractivity contribution < 1.29 is 4.79 Å². The number of nitrogens with two attached hydrogens (primary N) is 1. The number of amides is 1. The van der Waals surface area contributed by atoms with Gasteiger partial charge in [0, 0.05) is 9.75 Å². The molecule has 4 heteroatoms. The van der Waals surface area contributed by atoms with E-state index in [1.54, 1.807) is 18.3 Å². The number of rotatable bonds is 3. The van der Waals surface area contributed by atoms with Gasteiger partial charge in [-0.05, 0) is 32.9 Å². The minimum absolute atomic E-state index is 0.0483. The van der Waals surface area contributed by atoms with Gasteiger partial charge in [-0.15, -0.1) is 11.3 Å². The lowest BCUT2D eigenvalue weighted by Gasteiger charge is -2.13. The Morgan fingerprint density at radius 3 is 2.57 bits per heavy atom. The number of hydrogen-bond donors (Lipinski definition) is 2. The first-order chi connectivity index (χ1) is 6.50. The zero-order chi connectivity index (χ0) is 10.7. The maximum Gasteiger partial charge on any atom is 0.237 e. The molecule has 1 heterocycles. The minimum atomic E-state index is -0.446. The monoisotopic (exact) mass is 212 g/mol. The maximum absolute atomic E-state index is 11.3. The number of hydrogen-bond acceptors (Lipinski definition) is 3. The molecule has 0 radical (unpaired) electrons. The molecule has 0 aliphatic heterocycles. The van der Waals surface area contributed by atoms with Gasteiger partial charge in [0.2, 0.25) is 5.91 Å². The fourth-order valence-electron chi connectivity index (χ4n) is 1.10. The van der Waals surface area contributed by atoms with Crippen LogP contribution in [0.15, 0.2) is 12.1 Å². The SMILES string of the molecule is Cc1ccc(C(C)NC(=O)C(C)N)s1. The highest BCUT2D eigenvalue weighted by atomic mass is 32.1. The van der Waals surface area contributed by atoms with Crippen molar-refractivity contribution in [3.63, 3.8) is 0 Å². The highest BCUT2D eigenvalue weighted by molar-refractivity contribution is 7.12. The van der Waals surface area contributed by atoms with Crippen LogP contribution in [0.1, 0.15) is 29.6 Å². The van der Waals surface area contributed by atoms with Crippen LogP contribution in [-0.4, -0.2) is 11.9 Å². The maximum atomic E-state index is 11.3. The van der Waals surface area contributed by atoms with E-state index >= 15 is 0 Å². The largest absolute Gasteiger partial charge is 0.347 e. The summed E-state index contributed by atoms with van der Waals surface area (Å²) >= 11 is 1.69. The fraction of sp³-hybridized carbons (Fsp3) is 0.500. The van der Waals surface area contributed by atoms with E-state index in [2.05, 4.69) is 11.4 Å². The van der Waals surface area contributed by atoms with Gasteiger partial charge in [0.05, 0.1) is 12.1 Å². The van der Waals surface area contributed by atoms with Crippen molar-refractivity contribution in [1.29, 1.82) is 0 Å². The number of aryl methyl sites for hydroxylation is 1. The van der Waals surface area contributed by atoms with E-state index in [1.165, 1.54) is 4.88 Å². The molecule has 0 aliphatic rings. The van der Waals surface area contributed by atoms with Crippen LogP contribution in [0.3, 0.4) is 0 Å². The number of carbonyl (C=O) groups excluding carboxylic acids is 1. The van der Waals surface area contributed by atoms with Gasteiger partial charge < -0.3 is 11.1 Å². The third kappa shape index (κ3) is 2.82. The summed E-state index contributed by atoms with van der Waals surface area (Å²) in [6.45, 7) is 5.70. The summed E-state index contributed by atoms with van der Waals surface area (Å²) in [5.74, 6) is -0.108. The first-order valence-electron chi connectivity index (χ1n) is 4.63. The van der Waals surface area contributed by atoms with Crippen LogP contribution in [0.4, 0.5) is 0 Å². The molecular weight excluding hydrogens is 196 g/mol. The second kappa shape index (κ2) is 4.57. The lowest BCUT2D eigenvalue weighted by molar-refractivity contribution is -0.122. The molecule has 0 saturated heterocycles. The van der Waals surface area contributed by atoms with Gasteiger partial charge in [-0.25, -0.2) is 0 Å². The predicted octanol–water partition coefficient (Wildman–Crippen LogP) is 1.58. The minimum Gasteiger partial charge on any atom is -0.347 e. The van der Waals surface area contributed by atoms with E-state index in [9.17, 15) is 4.79 Å². The Morgan fingerprint density at radius 1 is 1.50 bits per heavy atom. The quantitative estimate of drug-likeness (QED) is 0.799. The van der Waals surface area contributed by atoms with Crippen molar-refractivity contribution in [3.05, 3.63) is 21.9 Å². The van der Waals surface area contributed by atoms with Gasteiger partial charge >= 0.3 is 0 Å². The first kappa shape index (κ1) is 11.2. The average Bonchev–Trinajstić information content (AvgIpc) is 2.51. The van der Waals surface area contributed by atoms with Crippen molar-refractivity contribution >= 4 is 17.2 Å². The normalized spacial score (nSPS) is 14.9. The molecular formula is C10H16N2OS. The second-order valence-electron chi connectivity index (χ2n) is 3.47. The Labute approximate surface area is 88.3 Å². The van der Waals surface area contributed by atoms with E-state index in [1.807, 2.05) is 19.9 Å². The molecule has 1 aromatic rings. The summed E-state index contributed by atoms with van der Waals surface area (Å²) in [4.78, 5) is 13.7. The zero-order valence-corrected chi connectivity index (χ0v) is 9.52. The zero-order valence-electron chi connectivity index (χ0n) is 8.70. The molecule has 3 N–H and O–H groups in total. The average molecular weight is 212 g/mol. The van der Waals surface area contributed by atoms with E-state index in [4.69, 9.17) is 5.73 Å². The molecule has 0 aliphatic carbocycles. The lowest BCUT2D eigenvalue weighted by atomic mass is 10.2. The molecule has 1 rings (SSSR count). The van der Waals surface area contributed by atoms with Gasteiger partial charge in [0.25, 0.3) is 0 Å². The van der Waals surface area contributed by atoms with Crippen molar-refractivity contribution in [1.82, 2.24) is 5.32 Å². The third-order valence-corrected chi connectivity index (χ3v) is 3.14. The Morgan fingerprint density at radius 2 is 2.14 bits per heavy atom. The standard InChI is InChI=1S/C10H16N2OS/c1-6-4-5-9(14-6)8(3)12-10(13)7(2)11/h4-5,7-8H,11H2,1-3H3,(H,12,13). The van der Waals surface area contributed by atoms with E-state index < -0.39 is 6.04 Å². The Balaban J connectivity index is 2.59. The number of nitrogens with one attached hydrogen (secondary N) is 1. The fourth-order valence-corrected chi connectivity index (χ4v) is 1.98. The topological polar surface area (TPSA) is 55.1 Å². The van der Waals surface area contributed by atoms with Gasteiger partial charge in [0.1, 0.15) is 0 Å². The van der Waals surface area contributed by atoms with Crippen molar-refractivity contribution in [2.75, 3.05) is 0 Å². The molecule has 0 saturated carbocycles. The van der Waals surface area contributed by atoms with E-state index in [0.717, 1.165) is 4.88 Å². The molecule has 1 amide bonds. The Hall–Kier alpha value is -0.870. The molecule has 2 atom stereocenters.